The molecule has 1 rings (SSSR count). The minimum atomic E-state index is 0.113. The standard InChI is InChI=1S/C14H23P/c1-5-12(4)13-8-10-14(11-9-13)15(6-2)7-3/h8-12H,5-7H2,1-4H3. The largest absolute Gasteiger partial charge is 0.0759 e. The van der Waals surface area contributed by atoms with E-state index in [-0.39, 0.29) is 7.92 Å². The molecule has 1 heteroatoms. The molecule has 1 aromatic carbocycles. The van der Waals surface area contributed by atoms with Crippen molar-refractivity contribution in [2.75, 3.05) is 12.3 Å². The molecule has 0 saturated carbocycles. The molecule has 1 atom stereocenters. The van der Waals surface area contributed by atoms with Crippen molar-refractivity contribution in [3.63, 3.8) is 0 Å². The number of hydrogen-bond donors (Lipinski definition) is 0. The van der Waals surface area contributed by atoms with Crippen LogP contribution in [0.1, 0.15) is 45.6 Å². The molecule has 0 spiro atoms. The summed E-state index contributed by atoms with van der Waals surface area (Å²) in [5.41, 5.74) is 1.49. The van der Waals surface area contributed by atoms with E-state index in [1.165, 1.54) is 24.3 Å². The summed E-state index contributed by atoms with van der Waals surface area (Å²) in [6.07, 6.45) is 3.86. The molecule has 0 nitrogen and oxygen atoms in total. The highest BCUT2D eigenvalue weighted by atomic mass is 31.1. The summed E-state index contributed by atoms with van der Waals surface area (Å²) in [4.78, 5) is 0. The molecule has 1 unspecified atom stereocenters. The van der Waals surface area contributed by atoms with Gasteiger partial charge in [-0.05, 0) is 35.5 Å². The number of hydrogen-bond acceptors (Lipinski definition) is 0. The molecule has 0 radical (unpaired) electrons. The Morgan fingerprint density at radius 1 is 1.00 bits per heavy atom. The molecule has 0 fully saturated rings. The van der Waals surface area contributed by atoms with Crippen LogP contribution in [0.2, 0.25) is 0 Å². The van der Waals surface area contributed by atoms with Gasteiger partial charge in [0.2, 0.25) is 0 Å². The minimum Gasteiger partial charge on any atom is -0.0759 e. The molecule has 0 aliphatic heterocycles. The number of rotatable bonds is 5. The van der Waals surface area contributed by atoms with Gasteiger partial charge in [-0.2, -0.15) is 0 Å². The highest BCUT2D eigenvalue weighted by Crippen LogP contribution is 2.33. The van der Waals surface area contributed by atoms with Gasteiger partial charge in [-0.3, -0.25) is 0 Å². The fraction of sp³-hybridized carbons (Fsp3) is 0.571. The van der Waals surface area contributed by atoms with Crippen molar-refractivity contribution in [3.8, 4) is 0 Å². The Hall–Kier alpha value is -0.350. The highest BCUT2D eigenvalue weighted by molar-refractivity contribution is 7.65. The molecule has 15 heavy (non-hydrogen) atoms. The van der Waals surface area contributed by atoms with Crippen LogP contribution in [0.5, 0.6) is 0 Å². The third kappa shape index (κ3) is 3.31. The van der Waals surface area contributed by atoms with Crippen LogP contribution in [0.25, 0.3) is 0 Å². The van der Waals surface area contributed by atoms with Crippen LogP contribution < -0.4 is 5.30 Å². The molecule has 0 aromatic heterocycles. The lowest BCUT2D eigenvalue weighted by atomic mass is 9.99. The Bertz CT molecular complexity index is 272. The number of benzene rings is 1. The van der Waals surface area contributed by atoms with Crippen LogP contribution in [-0.4, -0.2) is 12.3 Å². The predicted octanol–water partition coefficient (Wildman–Crippen LogP) is 4.35. The quantitative estimate of drug-likeness (QED) is 0.650. The van der Waals surface area contributed by atoms with Gasteiger partial charge in [0.05, 0.1) is 0 Å². The van der Waals surface area contributed by atoms with E-state index in [0.717, 1.165) is 0 Å². The SMILES string of the molecule is CCC(C)c1ccc(P(CC)CC)cc1. The van der Waals surface area contributed by atoms with Crippen molar-refractivity contribution < 1.29 is 0 Å². The third-order valence-corrected chi connectivity index (χ3v) is 5.76. The Morgan fingerprint density at radius 3 is 1.93 bits per heavy atom. The van der Waals surface area contributed by atoms with Crippen molar-refractivity contribution in [2.45, 2.75) is 40.0 Å². The lowest BCUT2D eigenvalue weighted by molar-refractivity contribution is 0.734. The van der Waals surface area contributed by atoms with Gasteiger partial charge in [0.1, 0.15) is 0 Å². The van der Waals surface area contributed by atoms with Crippen LogP contribution in [0.3, 0.4) is 0 Å². The van der Waals surface area contributed by atoms with Gasteiger partial charge in [-0.25, -0.2) is 0 Å². The minimum absolute atomic E-state index is 0.113. The van der Waals surface area contributed by atoms with Crippen LogP contribution in [0.4, 0.5) is 0 Å². The Balaban J connectivity index is 2.79. The zero-order chi connectivity index (χ0) is 11.3. The lowest BCUT2D eigenvalue weighted by Gasteiger charge is -2.15. The van der Waals surface area contributed by atoms with Crippen molar-refractivity contribution in [3.05, 3.63) is 29.8 Å². The van der Waals surface area contributed by atoms with Gasteiger partial charge in [0.15, 0.2) is 0 Å². The first kappa shape index (κ1) is 12.7. The summed E-state index contributed by atoms with van der Waals surface area (Å²) in [7, 11) is 0.113. The summed E-state index contributed by atoms with van der Waals surface area (Å²) in [5.74, 6) is 0.702. The van der Waals surface area contributed by atoms with Gasteiger partial charge in [0, 0.05) is 0 Å². The fourth-order valence-electron chi connectivity index (χ4n) is 1.84. The zero-order valence-electron chi connectivity index (χ0n) is 10.5. The average Bonchev–Trinajstić information content (AvgIpc) is 2.30. The molecular formula is C14H23P. The zero-order valence-corrected chi connectivity index (χ0v) is 11.3. The van der Waals surface area contributed by atoms with Crippen molar-refractivity contribution in [1.82, 2.24) is 0 Å². The van der Waals surface area contributed by atoms with Crippen LogP contribution in [0, 0.1) is 0 Å². The molecular weight excluding hydrogens is 199 g/mol. The molecule has 0 N–H and O–H groups in total. The van der Waals surface area contributed by atoms with Gasteiger partial charge < -0.3 is 0 Å². The summed E-state index contributed by atoms with van der Waals surface area (Å²) in [6.45, 7) is 9.16. The molecule has 0 bridgehead atoms. The molecule has 0 heterocycles. The Labute approximate surface area is 95.9 Å². The van der Waals surface area contributed by atoms with E-state index in [0.29, 0.717) is 5.92 Å². The van der Waals surface area contributed by atoms with E-state index >= 15 is 0 Å². The van der Waals surface area contributed by atoms with Gasteiger partial charge in [-0.1, -0.05) is 59.9 Å². The maximum atomic E-state index is 2.35. The Morgan fingerprint density at radius 2 is 1.53 bits per heavy atom. The molecule has 0 aliphatic rings. The van der Waals surface area contributed by atoms with Crippen LogP contribution >= 0.6 is 7.92 Å². The summed E-state index contributed by atoms with van der Waals surface area (Å²) < 4.78 is 0. The summed E-state index contributed by atoms with van der Waals surface area (Å²) in [6, 6.07) is 9.34. The Kier molecular flexibility index (Phi) is 5.32. The van der Waals surface area contributed by atoms with Crippen molar-refractivity contribution >= 4 is 13.2 Å². The van der Waals surface area contributed by atoms with Gasteiger partial charge >= 0.3 is 0 Å². The predicted molar refractivity (Wildman–Crippen MR) is 72.8 cm³/mol. The maximum absolute atomic E-state index is 2.35. The molecule has 0 amide bonds. The first-order chi connectivity index (χ1) is 7.22. The molecule has 84 valence electrons. The van der Waals surface area contributed by atoms with E-state index in [1.807, 2.05) is 0 Å². The topological polar surface area (TPSA) is 0 Å². The van der Waals surface area contributed by atoms with E-state index in [2.05, 4.69) is 52.0 Å². The van der Waals surface area contributed by atoms with Crippen LogP contribution in [0.15, 0.2) is 24.3 Å². The molecule has 0 aliphatic carbocycles. The summed E-state index contributed by atoms with van der Waals surface area (Å²) >= 11 is 0. The van der Waals surface area contributed by atoms with E-state index in [9.17, 15) is 0 Å². The second-order valence-corrected chi connectivity index (χ2v) is 6.93. The second kappa shape index (κ2) is 6.28. The van der Waals surface area contributed by atoms with Crippen molar-refractivity contribution in [1.29, 1.82) is 0 Å². The van der Waals surface area contributed by atoms with Gasteiger partial charge in [0.25, 0.3) is 0 Å². The second-order valence-electron chi connectivity index (χ2n) is 4.07. The highest BCUT2D eigenvalue weighted by Gasteiger charge is 2.07. The molecule has 0 saturated heterocycles. The maximum Gasteiger partial charge on any atom is -0.0193 e. The van der Waals surface area contributed by atoms with Crippen molar-refractivity contribution in [2.24, 2.45) is 0 Å². The van der Waals surface area contributed by atoms with Gasteiger partial charge in [-0.15, -0.1) is 0 Å². The first-order valence-corrected chi connectivity index (χ1v) is 7.79. The normalized spacial score (nSPS) is 13.1. The average molecular weight is 222 g/mol. The van der Waals surface area contributed by atoms with Crippen LogP contribution in [-0.2, 0) is 0 Å². The smallest absolute Gasteiger partial charge is 0.0193 e. The third-order valence-electron chi connectivity index (χ3n) is 3.20. The fourth-order valence-corrected chi connectivity index (χ4v) is 3.59. The lowest BCUT2D eigenvalue weighted by Crippen LogP contribution is -2.04. The van der Waals surface area contributed by atoms with E-state index in [1.54, 1.807) is 5.30 Å². The first-order valence-electron chi connectivity index (χ1n) is 6.07. The monoisotopic (exact) mass is 222 g/mol. The van der Waals surface area contributed by atoms with E-state index < -0.39 is 0 Å². The molecule has 1 aromatic rings. The summed E-state index contributed by atoms with van der Waals surface area (Å²) in [5, 5.41) is 1.57. The van der Waals surface area contributed by atoms with E-state index in [4.69, 9.17) is 0 Å².